The number of carbonyl (C=O) groups excluding carboxylic acids is 1. The molecule has 2 aliphatic carbocycles. The predicted octanol–water partition coefficient (Wildman–Crippen LogP) is 4.27. The van der Waals surface area contributed by atoms with Crippen LogP contribution in [0.15, 0.2) is 23.4 Å². The Morgan fingerprint density at radius 3 is 2.52 bits per heavy atom. The van der Waals surface area contributed by atoms with Crippen LogP contribution < -0.4 is 5.32 Å². The molecule has 0 radical (unpaired) electrons. The van der Waals surface area contributed by atoms with Crippen LogP contribution in [0.1, 0.15) is 59.8 Å². The van der Waals surface area contributed by atoms with Crippen LogP contribution >= 0.6 is 0 Å². The van der Waals surface area contributed by atoms with Crippen LogP contribution in [-0.4, -0.2) is 41.3 Å². The molecule has 0 spiro atoms. The molecule has 33 heavy (non-hydrogen) atoms. The number of pyridine rings is 1. The van der Waals surface area contributed by atoms with E-state index in [1.807, 2.05) is 0 Å². The molecule has 1 atom stereocenters. The van der Waals surface area contributed by atoms with Crippen molar-refractivity contribution in [1.82, 2.24) is 14.8 Å². The number of hydrogen-bond donors (Lipinski definition) is 1. The Bertz CT molecular complexity index is 1190. The lowest BCUT2D eigenvalue weighted by Crippen LogP contribution is -2.24. The molecule has 2 fully saturated rings. The van der Waals surface area contributed by atoms with E-state index in [9.17, 15) is 35.2 Å². The molecule has 2 aliphatic rings. The van der Waals surface area contributed by atoms with E-state index < -0.39 is 57.4 Å². The molecular weight excluding hydrogens is 471 g/mol. The lowest BCUT2D eigenvalue weighted by molar-refractivity contribution is -0.138. The third-order valence-electron chi connectivity index (χ3n) is 5.75. The summed E-state index contributed by atoms with van der Waals surface area (Å²) in [6.45, 7) is -0.251. The monoisotopic (exact) mass is 492 g/mol. The second-order valence-corrected chi connectivity index (χ2v) is 10.6. The molecule has 4 rings (SSSR count). The highest BCUT2D eigenvalue weighted by Crippen LogP contribution is 2.47. The minimum absolute atomic E-state index is 0.0725. The zero-order valence-corrected chi connectivity index (χ0v) is 18.3. The van der Waals surface area contributed by atoms with E-state index in [4.69, 9.17) is 0 Å². The van der Waals surface area contributed by atoms with Crippen LogP contribution in [0.25, 0.3) is 0 Å². The highest BCUT2D eigenvalue weighted by Gasteiger charge is 2.47. The summed E-state index contributed by atoms with van der Waals surface area (Å²) in [5.74, 6) is -5.13. The summed E-state index contributed by atoms with van der Waals surface area (Å²) in [5.41, 5.74) is -2.28. The molecule has 2 heterocycles. The first-order chi connectivity index (χ1) is 15.2. The zero-order chi connectivity index (χ0) is 24.2. The number of anilines is 1. The van der Waals surface area contributed by atoms with Gasteiger partial charge < -0.3 is 5.32 Å². The van der Waals surface area contributed by atoms with Crippen molar-refractivity contribution in [3.05, 3.63) is 35.3 Å². The van der Waals surface area contributed by atoms with Gasteiger partial charge in [0.1, 0.15) is 11.3 Å². The van der Waals surface area contributed by atoms with Crippen molar-refractivity contribution in [3.8, 4) is 0 Å². The maximum Gasteiger partial charge on any atom is 0.420 e. The van der Waals surface area contributed by atoms with Gasteiger partial charge in [-0.2, -0.15) is 18.3 Å². The average Bonchev–Trinajstić information content (AvgIpc) is 3.37. The molecular formula is C20H21F5N4O3S. The number of aromatic nitrogens is 3. The van der Waals surface area contributed by atoms with Gasteiger partial charge in [-0.25, -0.2) is 22.2 Å². The minimum atomic E-state index is -4.89. The first-order valence-corrected chi connectivity index (χ1v) is 12.2. The number of alkyl halides is 5. The van der Waals surface area contributed by atoms with Crippen LogP contribution in [-0.2, 0) is 22.6 Å². The summed E-state index contributed by atoms with van der Waals surface area (Å²) in [4.78, 5) is 16.7. The van der Waals surface area contributed by atoms with E-state index in [0.717, 1.165) is 23.2 Å². The zero-order valence-electron chi connectivity index (χ0n) is 17.5. The van der Waals surface area contributed by atoms with E-state index in [1.54, 1.807) is 0 Å². The van der Waals surface area contributed by atoms with Crippen molar-refractivity contribution in [1.29, 1.82) is 0 Å². The summed E-state index contributed by atoms with van der Waals surface area (Å²) < 4.78 is 93.7. The molecule has 2 aromatic heterocycles. The smallest absolute Gasteiger partial charge is 0.320 e. The Morgan fingerprint density at radius 1 is 1.27 bits per heavy atom. The Hall–Kier alpha value is -2.57. The molecule has 7 nitrogen and oxygen atoms in total. The van der Waals surface area contributed by atoms with Gasteiger partial charge in [0.15, 0.2) is 14.9 Å². The van der Waals surface area contributed by atoms with Crippen molar-refractivity contribution in [2.45, 2.75) is 61.7 Å². The topological polar surface area (TPSA) is 94.0 Å². The number of halogens is 5. The molecule has 13 heteroatoms. The summed E-state index contributed by atoms with van der Waals surface area (Å²) >= 11 is 0. The van der Waals surface area contributed by atoms with Gasteiger partial charge in [-0.05, 0) is 37.3 Å². The number of amides is 1. The Kier molecular flexibility index (Phi) is 5.74. The van der Waals surface area contributed by atoms with Crippen LogP contribution in [0, 0.1) is 5.92 Å². The Morgan fingerprint density at radius 2 is 1.97 bits per heavy atom. The standard InChI is InChI=1S/C20H21F5N4O3S/c1-33(31,32)14-8-13(5-7-26-14)27-18(30)17-15(20(23,24)25)16(12-2-3-12)28-29(17)10-11-4-6-19(21,22)9-11/h5,7-8,11-12H,2-4,6,9-10H2,1H3,(H,26,27,30). The maximum atomic E-state index is 14.0. The van der Waals surface area contributed by atoms with Crippen molar-refractivity contribution >= 4 is 21.4 Å². The van der Waals surface area contributed by atoms with E-state index in [0.29, 0.717) is 12.8 Å². The summed E-state index contributed by atoms with van der Waals surface area (Å²) in [6, 6.07) is 2.26. The van der Waals surface area contributed by atoms with Crippen molar-refractivity contribution < 1.29 is 35.2 Å². The van der Waals surface area contributed by atoms with Gasteiger partial charge in [-0.1, -0.05) is 0 Å². The largest absolute Gasteiger partial charge is 0.420 e. The lowest BCUT2D eigenvalue weighted by atomic mass is 10.1. The van der Waals surface area contributed by atoms with Crippen molar-refractivity contribution in [3.63, 3.8) is 0 Å². The molecule has 1 unspecified atom stereocenters. The average molecular weight is 492 g/mol. The van der Waals surface area contributed by atoms with Crippen molar-refractivity contribution in [2.75, 3.05) is 11.6 Å². The molecule has 2 saturated carbocycles. The molecule has 2 aromatic rings. The summed E-state index contributed by atoms with van der Waals surface area (Å²) in [6.07, 6.45) is -2.66. The summed E-state index contributed by atoms with van der Waals surface area (Å²) in [5, 5.41) is 5.97. The van der Waals surface area contributed by atoms with Gasteiger partial charge in [-0.15, -0.1) is 0 Å². The Balaban J connectivity index is 1.73. The van der Waals surface area contributed by atoms with E-state index in [1.165, 1.54) is 6.07 Å². The lowest BCUT2D eigenvalue weighted by Gasteiger charge is -2.15. The van der Waals surface area contributed by atoms with E-state index in [2.05, 4.69) is 15.4 Å². The maximum absolute atomic E-state index is 14.0. The quantitative estimate of drug-likeness (QED) is 0.608. The normalized spacial score (nSPS) is 20.7. The number of carbonyl (C=O) groups is 1. The molecule has 0 bridgehead atoms. The summed E-state index contributed by atoms with van der Waals surface area (Å²) in [7, 11) is -3.72. The fraction of sp³-hybridized carbons (Fsp3) is 0.550. The minimum Gasteiger partial charge on any atom is -0.320 e. The number of sulfone groups is 1. The van der Waals surface area contributed by atoms with Gasteiger partial charge in [0.25, 0.3) is 5.91 Å². The van der Waals surface area contributed by atoms with Crippen LogP contribution in [0.3, 0.4) is 0 Å². The molecule has 0 saturated heterocycles. The fourth-order valence-electron chi connectivity index (χ4n) is 4.09. The fourth-order valence-corrected chi connectivity index (χ4v) is 4.68. The molecule has 0 aromatic carbocycles. The van der Waals surface area contributed by atoms with Crippen LogP contribution in [0.2, 0.25) is 0 Å². The third-order valence-corrected chi connectivity index (χ3v) is 6.73. The highest BCUT2D eigenvalue weighted by molar-refractivity contribution is 7.90. The Labute approximate surface area is 186 Å². The second kappa shape index (κ2) is 8.03. The van der Waals surface area contributed by atoms with Crippen LogP contribution in [0.5, 0.6) is 0 Å². The molecule has 0 aliphatic heterocycles. The van der Waals surface area contributed by atoms with E-state index >= 15 is 0 Å². The first kappa shape index (κ1) is 23.6. The molecule has 1 amide bonds. The number of hydrogen-bond acceptors (Lipinski definition) is 5. The van der Waals surface area contributed by atoms with Crippen LogP contribution in [0.4, 0.5) is 27.6 Å². The third kappa shape index (κ3) is 5.17. The van der Waals surface area contributed by atoms with Gasteiger partial charge in [0, 0.05) is 43.4 Å². The van der Waals surface area contributed by atoms with Gasteiger partial charge >= 0.3 is 6.18 Å². The van der Waals surface area contributed by atoms with Crippen molar-refractivity contribution in [2.24, 2.45) is 5.92 Å². The second-order valence-electron chi connectivity index (χ2n) is 8.64. The van der Waals surface area contributed by atoms with E-state index in [-0.39, 0.29) is 35.8 Å². The van der Waals surface area contributed by atoms with Gasteiger partial charge in [0.2, 0.25) is 5.92 Å². The first-order valence-electron chi connectivity index (χ1n) is 10.3. The number of nitrogens with zero attached hydrogens (tertiary/aromatic N) is 3. The highest BCUT2D eigenvalue weighted by atomic mass is 32.2. The van der Waals surface area contributed by atoms with Gasteiger partial charge in [0.05, 0.1) is 5.69 Å². The number of nitrogens with one attached hydrogen (secondary N) is 1. The predicted molar refractivity (Wildman–Crippen MR) is 107 cm³/mol. The molecule has 180 valence electrons. The number of rotatable bonds is 6. The SMILES string of the molecule is CS(=O)(=O)c1cc(NC(=O)c2c(C(F)(F)F)c(C3CC3)nn2CC2CCC(F)(F)C2)ccn1. The molecule has 1 N–H and O–H groups in total. The van der Waals surface area contributed by atoms with Gasteiger partial charge in [-0.3, -0.25) is 9.48 Å².